The van der Waals surface area contributed by atoms with Crippen molar-refractivity contribution in [2.45, 2.75) is 58.8 Å². The van der Waals surface area contributed by atoms with Crippen LogP contribution in [0.4, 0.5) is 0 Å². The fourth-order valence-corrected chi connectivity index (χ4v) is 3.82. The first-order valence-electron chi connectivity index (χ1n) is 7.87. The Bertz CT molecular complexity index is 378. The highest BCUT2D eigenvalue weighted by Crippen LogP contribution is 2.37. The zero-order valence-corrected chi connectivity index (χ0v) is 12.7. The van der Waals surface area contributed by atoms with Crippen LogP contribution in [-0.2, 0) is 9.59 Å². The average Bonchev–Trinajstić information content (AvgIpc) is 2.36. The number of carboxylic acids is 1. The third-order valence-corrected chi connectivity index (χ3v) is 4.90. The molecule has 4 nitrogen and oxygen atoms in total. The predicted octanol–water partition coefficient (Wildman–Crippen LogP) is 2.92. The van der Waals surface area contributed by atoms with Gasteiger partial charge in [-0.3, -0.25) is 9.59 Å². The largest absolute Gasteiger partial charge is 0.481 e. The van der Waals surface area contributed by atoms with Crippen LogP contribution in [0, 0.1) is 17.3 Å². The maximum atomic E-state index is 12.4. The minimum absolute atomic E-state index is 0.0542. The summed E-state index contributed by atoms with van der Waals surface area (Å²) in [7, 11) is 0. The first-order chi connectivity index (χ1) is 9.37. The van der Waals surface area contributed by atoms with Gasteiger partial charge in [-0.2, -0.15) is 0 Å². The molecule has 1 saturated carbocycles. The lowest BCUT2D eigenvalue weighted by atomic mass is 9.75. The summed E-state index contributed by atoms with van der Waals surface area (Å²) < 4.78 is 0. The number of nitrogens with zero attached hydrogens (tertiary/aromatic N) is 1. The number of hydrogen-bond acceptors (Lipinski definition) is 2. The summed E-state index contributed by atoms with van der Waals surface area (Å²) in [5.74, 6) is 0.818. The quantitative estimate of drug-likeness (QED) is 0.862. The molecule has 0 radical (unpaired) electrons. The first-order valence-corrected chi connectivity index (χ1v) is 7.87. The van der Waals surface area contributed by atoms with Crippen LogP contribution in [0.15, 0.2) is 0 Å². The number of likely N-dealkylation sites (tertiary alicyclic amines) is 1. The highest BCUT2D eigenvalue weighted by Gasteiger charge is 2.34. The first kappa shape index (κ1) is 15.3. The van der Waals surface area contributed by atoms with E-state index < -0.39 is 11.4 Å². The van der Waals surface area contributed by atoms with Gasteiger partial charge >= 0.3 is 5.97 Å². The molecule has 0 aromatic heterocycles. The summed E-state index contributed by atoms with van der Waals surface area (Å²) in [6.07, 6.45) is 6.77. The fourth-order valence-electron chi connectivity index (χ4n) is 3.82. The maximum Gasteiger partial charge on any atom is 0.303 e. The van der Waals surface area contributed by atoms with Gasteiger partial charge in [-0.15, -0.1) is 0 Å². The van der Waals surface area contributed by atoms with E-state index in [4.69, 9.17) is 5.11 Å². The van der Waals surface area contributed by atoms with Crippen molar-refractivity contribution >= 4 is 11.9 Å². The van der Waals surface area contributed by atoms with Gasteiger partial charge in [0.25, 0.3) is 0 Å². The number of rotatable bonds is 4. The third kappa shape index (κ3) is 3.97. The lowest BCUT2D eigenvalue weighted by Crippen LogP contribution is -2.45. The van der Waals surface area contributed by atoms with Gasteiger partial charge in [-0.1, -0.05) is 33.1 Å². The Morgan fingerprint density at radius 3 is 2.40 bits per heavy atom. The molecular formula is C16H27NO3. The average molecular weight is 281 g/mol. The van der Waals surface area contributed by atoms with E-state index in [9.17, 15) is 9.59 Å². The molecule has 2 fully saturated rings. The monoisotopic (exact) mass is 281 g/mol. The fraction of sp³-hybridized carbons (Fsp3) is 0.875. The second-order valence-electron chi connectivity index (χ2n) is 7.34. The van der Waals surface area contributed by atoms with E-state index in [0.717, 1.165) is 25.4 Å². The van der Waals surface area contributed by atoms with Crippen LogP contribution in [0.1, 0.15) is 58.8 Å². The molecule has 1 N–H and O–H groups in total. The minimum Gasteiger partial charge on any atom is -0.481 e. The Balaban J connectivity index is 1.88. The summed E-state index contributed by atoms with van der Waals surface area (Å²) >= 11 is 0. The number of carboxylic acid groups (broad SMARTS) is 1. The van der Waals surface area contributed by atoms with Gasteiger partial charge in [-0.05, 0) is 30.1 Å². The van der Waals surface area contributed by atoms with Crippen molar-refractivity contribution in [3.05, 3.63) is 0 Å². The lowest BCUT2D eigenvalue weighted by Gasteiger charge is -2.42. The van der Waals surface area contributed by atoms with Crippen LogP contribution in [0.5, 0.6) is 0 Å². The number of hydrogen-bond donors (Lipinski definition) is 1. The molecule has 0 bridgehead atoms. The number of aliphatic carboxylic acids is 1. The van der Waals surface area contributed by atoms with E-state index in [1.165, 1.54) is 25.7 Å². The number of carbonyl (C=O) groups excluding carboxylic acids is 1. The molecule has 1 aliphatic heterocycles. The lowest BCUT2D eigenvalue weighted by molar-refractivity contribution is -0.141. The maximum absolute atomic E-state index is 12.4. The predicted molar refractivity (Wildman–Crippen MR) is 77.3 cm³/mol. The zero-order chi connectivity index (χ0) is 14.8. The van der Waals surface area contributed by atoms with Gasteiger partial charge in [-0.25, -0.2) is 0 Å². The molecule has 2 unspecified atom stereocenters. The molecule has 2 rings (SSSR count). The highest BCUT2D eigenvalue weighted by molar-refractivity contribution is 5.78. The third-order valence-electron chi connectivity index (χ3n) is 4.90. The van der Waals surface area contributed by atoms with Gasteiger partial charge in [0.1, 0.15) is 0 Å². The van der Waals surface area contributed by atoms with Crippen molar-refractivity contribution in [1.29, 1.82) is 0 Å². The Morgan fingerprint density at radius 1 is 1.10 bits per heavy atom. The van der Waals surface area contributed by atoms with E-state index >= 15 is 0 Å². The second kappa shape index (κ2) is 6.15. The van der Waals surface area contributed by atoms with Crippen LogP contribution in [0.3, 0.4) is 0 Å². The van der Waals surface area contributed by atoms with Gasteiger partial charge in [0.2, 0.25) is 5.91 Å². The molecule has 114 valence electrons. The molecular weight excluding hydrogens is 254 g/mol. The van der Waals surface area contributed by atoms with Crippen molar-refractivity contribution < 1.29 is 14.7 Å². The molecule has 1 aliphatic carbocycles. The Morgan fingerprint density at radius 2 is 1.75 bits per heavy atom. The molecule has 0 aromatic carbocycles. The molecule has 2 atom stereocenters. The molecule has 1 amide bonds. The zero-order valence-electron chi connectivity index (χ0n) is 12.7. The summed E-state index contributed by atoms with van der Waals surface area (Å²) in [5.41, 5.74) is -0.452. The van der Waals surface area contributed by atoms with Crippen molar-refractivity contribution in [3.8, 4) is 0 Å². The topological polar surface area (TPSA) is 57.6 Å². The highest BCUT2D eigenvalue weighted by atomic mass is 16.4. The van der Waals surface area contributed by atoms with E-state index in [0.29, 0.717) is 12.3 Å². The molecule has 0 spiro atoms. The molecule has 20 heavy (non-hydrogen) atoms. The van der Waals surface area contributed by atoms with Crippen LogP contribution < -0.4 is 0 Å². The van der Waals surface area contributed by atoms with Crippen LogP contribution >= 0.6 is 0 Å². The summed E-state index contributed by atoms with van der Waals surface area (Å²) in [6, 6.07) is 0. The summed E-state index contributed by atoms with van der Waals surface area (Å²) in [6.45, 7) is 5.49. The van der Waals surface area contributed by atoms with Crippen molar-refractivity contribution in [2.75, 3.05) is 13.1 Å². The van der Waals surface area contributed by atoms with Crippen molar-refractivity contribution in [1.82, 2.24) is 4.90 Å². The molecule has 4 heteroatoms. The molecule has 0 aromatic rings. The summed E-state index contributed by atoms with van der Waals surface area (Å²) in [5, 5.41) is 8.90. The second-order valence-corrected chi connectivity index (χ2v) is 7.34. The van der Waals surface area contributed by atoms with E-state index in [1.807, 2.05) is 18.7 Å². The van der Waals surface area contributed by atoms with E-state index in [1.54, 1.807) is 0 Å². The van der Waals surface area contributed by atoms with Gasteiger partial charge < -0.3 is 10.0 Å². The number of piperidine rings is 1. The van der Waals surface area contributed by atoms with Crippen LogP contribution in [0.2, 0.25) is 0 Å². The van der Waals surface area contributed by atoms with Crippen LogP contribution in [-0.4, -0.2) is 35.0 Å². The molecule has 1 saturated heterocycles. The Labute approximate surface area is 121 Å². The standard InChI is InChI=1S/C16H27NO3/c1-16(2,10-15(19)20)9-14(18)17-8-7-12-5-3-4-6-13(12)11-17/h12-13H,3-11H2,1-2H3,(H,19,20). The van der Waals surface area contributed by atoms with Crippen molar-refractivity contribution in [3.63, 3.8) is 0 Å². The summed E-state index contributed by atoms with van der Waals surface area (Å²) in [4.78, 5) is 25.2. The van der Waals surface area contributed by atoms with E-state index in [-0.39, 0.29) is 12.3 Å². The molecule has 2 aliphatic rings. The Hall–Kier alpha value is -1.06. The normalized spacial score (nSPS) is 27.0. The van der Waals surface area contributed by atoms with Crippen molar-refractivity contribution in [2.24, 2.45) is 17.3 Å². The smallest absolute Gasteiger partial charge is 0.303 e. The number of fused-ring (bicyclic) bond motifs is 1. The number of carbonyl (C=O) groups is 2. The van der Waals surface area contributed by atoms with Gasteiger partial charge in [0.15, 0.2) is 0 Å². The molecule has 1 heterocycles. The van der Waals surface area contributed by atoms with E-state index in [2.05, 4.69) is 0 Å². The van der Waals surface area contributed by atoms with Gasteiger partial charge in [0, 0.05) is 19.5 Å². The Kier molecular flexibility index (Phi) is 4.71. The minimum atomic E-state index is -0.825. The van der Waals surface area contributed by atoms with Crippen LogP contribution in [0.25, 0.3) is 0 Å². The van der Waals surface area contributed by atoms with Gasteiger partial charge in [0.05, 0.1) is 6.42 Å². The SMILES string of the molecule is CC(C)(CC(=O)O)CC(=O)N1CCC2CCCCC2C1. The number of amides is 1.